The van der Waals surface area contributed by atoms with Crippen LogP contribution in [0.1, 0.15) is 25.7 Å². The van der Waals surface area contributed by atoms with Crippen molar-refractivity contribution in [3.8, 4) is 0 Å². The van der Waals surface area contributed by atoms with Crippen LogP contribution in [-0.2, 0) is 28.8 Å². The molecule has 15 heteroatoms. The van der Waals surface area contributed by atoms with Crippen LogP contribution in [0.4, 0.5) is 0 Å². The smallest absolute Gasteiger partial charge is 0.326 e. The number of nitrogens with one attached hydrogen (secondary N) is 3. The number of hydrogen-bond donors (Lipinski definition) is 8. The van der Waals surface area contributed by atoms with E-state index in [4.69, 9.17) is 21.7 Å². The third-order valence-electron chi connectivity index (χ3n) is 4.08. The summed E-state index contributed by atoms with van der Waals surface area (Å²) in [6.45, 7) is -0.742. The van der Waals surface area contributed by atoms with Gasteiger partial charge in [-0.2, -0.15) is 11.8 Å². The number of thioether (sulfide) groups is 1. The van der Waals surface area contributed by atoms with Gasteiger partial charge in [-0.1, -0.05) is 0 Å². The second-order valence-electron chi connectivity index (χ2n) is 6.70. The summed E-state index contributed by atoms with van der Waals surface area (Å²) in [5.41, 5.74) is 10.3. The van der Waals surface area contributed by atoms with Crippen molar-refractivity contribution in [1.82, 2.24) is 16.0 Å². The quantitative estimate of drug-likeness (QED) is 0.107. The molecule has 0 heterocycles. The number of aliphatic hydroxyl groups excluding tert-OH is 1. The third kappa shape index (κ3) is 11.5. The lowest BCUT2D eigenvalue weighted by Crippen LogP contribution is -2.58. The first-order valence-electron chi connectivity index (χ1n) is 9.42. The molecule has 0 aliphatic rings. The Bertz CT molecular complexity index is 706. The Morgan fingerprint density at radius 3 is 1.88 bits per heavy atom. The van der Waals surface area contributed by atoms with E-state index in [1.807, 2.05) is 0 Å². The second kappa shape index (κ2) is 15.0. The molecule has 4 unspecified atom stereocenters. The molecule has 0 aliphatic carbocycles. The van der Waals surface area contributed by atoms with E-state index in [-0.39, 0.29) is 19.3 Å². The highest BCUT2D eigenvalue weighted by molar-refractivity contribution is 7.98. The van der Waals surface area contributed by atoms with Gasteiger partial charge in [-0.05, 0) is 24.9 Å². The highest BCUT2D eigenvalue weighted by atomic mass is 32.2. The summed E-state index contributed by atoms with van der Waals surface area (Å²) in [7, 11) is 0. The van der Waals surface area contributed by atoms with E-state index in [0.29, 0.717) is 5.75 Å². The van der Waals surface area contributed by atoms with Gasteiger partial charge < -0.3 is 42.7 Å². The molecule has 14 nitrogen and oxygen atoms in total. The molecule has 0 bridgehead atoms. The Hall–Kier alpha value is -2.91. The van der Waals surface area contributed by atoms with Crippen LogP contribution in [0, 0.1) is 0 Å². The molecule has 0 saturated heterocycles. The number of carboxylic acid groups (broad SMARTS) is 2. The number of hydrogen-bond acceptors (Lipinski definition) is 9. The predicted molar refractivity (Wildman–Crippen MR) is 112 cm³/mol. The van der Waals surface area contributed by atoms with Crippen LogP contribution in [0.15, 0.2) is 0 Å². The maximum absolute atomic E-state index is 12.6. The van der Waals surface area contributed by atoms with Crippen molar-refractivity contribution >= 4 is 47.3 Å². The highest BCUT2D eigenvalue weighted by Crippen LogP contribution is 2.05. The molecule has 0 aromatic heterocycles. The normalized spacial score (nSPS) is 14.3. The fourth-order valence-electron chi connectivity index (χ4n) is 2.34. The molecule has 10 N–H and O–H groups in total. The van der Waals surface area contributed by atoms with Crippen molar-refractivity contribution in [1.29, 1.82) is 0 Å². The average Bonchev–Trinajstić information content (AvgIpc) is 2.71. The number of primary amides is 1. The molecular formula is C17H29N5O9S. The molecule has 0 aliphatic heterocycles. The predicted octanol–water partition coefficient (Wildman–Crippen LogP) is -3.66. The van der Waals surface area contributed by atoms with Crippen molar-refractivity contribution in [2.75, 3.05) is 18.6 Å². The number of nitrogens with two attached hydrogens (primary N) is 2. The van der Waals surface area contributed by atoms with Crippen molar-refractivity contribution in [3.05, 3.63) is 0 Å². The zero-order chi connectivity index (χ0) is 24.8. The summed E-state index contributed by atoms with van der Waals surface area (Å²) in [4.78, 5) is 70.4. The van der Waals surface area contributed by atoms with E-state index in [2.05, 4.69) is 16.0 Å². The van der Waals surface area contributed by atoms with Crippen molar-refractivity contribution in [2.24, 2.45) is 11.5 Å². The van der Waals surface area contributed by atoms with E-state index in [1.54, 1.807) is 6.26 Å². The molecule has 0 aromatic carbocycles. The van der Waals surface area contributed by atoms with E-state index in [1.165, 1.54) is 11.8 Å². The van der Waals surface area contributed by atoms with Gasteiger partial charge in [-0.3, -0.25) is 24.0 Å². The van der Waals surface area contributed by atoms with Crippen LogP contribution < -0.4 is 27.4 Å². The van der Waals surface area contributed by atoms with Crippen LogP contribution in [0.25, 0.3) is 0 Å². The van der Waals surface area contributed by atoms with Gasteiger partial charge in [0.15, 0.2) is 0 Å². The lowest BCUT2D eigenvalue weighted by atomic mass is 10.1. The van der Waals surface area contributed by atoms with Gasteiger partial charge in [0.1, 0.15) is 24.2 Å². The number of aliphatic hydroxyl groups is 1. The van der Waals surface area contributed by atoms with Gasteiger partial charge in [0.25, 0.3) is 0 Å². The number of carbonyl (C=O) groups is 6. The van der Waals surface area contributed by atoms with Crippen LogP contribution in [0.5, 0.6) is 0 Å². The van der Waals surface area contributed by atoms with E-state index in [0.717, 1.165) is 0 Å². The minimum Gasteiger partial charge on any atom is -0.481 e. The Morgan fingerprint density at radius 1 is 0.875 bits per heavy atom. The first-order valence-corrected chi connectivity index (χ1v) is 10.8. The summed E-state index contributed by atoms with van der Waals surface area (Å²) in [6.07, 6.45) is 0.397. The summed E-state index contributed by atoms with van der Waals surface area (Å²) in [5.74, 6) is -6.09. The minimum atomic E-state index is -1.60. The number of carboxylic acids is 2. The molecule has 182 valence electrons. The fourth-order valence-corrected chi connectivity index (χ4v) is 2.81. The van der Waals surface area contributed by atoms with Crippen LogP contribution in [0.2, 0.25) is 0 Å². The van der Waals surface area contributed by atoms with Gasteiger partial charge in [0.2, 0.25) is 23.6 Å². The highest BCUT2D eigenvalue weighted by Gasteiger charge is 2.31. The summed E-state index contributed by atoms with van der Waals surface area (Å²) < 4.78 is 0. The van der Waals surface area contributed by atoms with Crippen LogP contribution >= 0.6 is 11.8 Å². The van der Waals surface area contributed by atoms with Gasteiger partial charge in [0.05, 0.1) is 13.0 Å². The molecule has 0 spiro atoms. The molecular weight excluding hydrogens is 450 g/mol. The van der Waals surface area contributed by atoms with Crippen LogP contribution in [-0.4, -0.2) is 93.7 Å². The largest absolute Gasteiger partial charge is 0.481 e. The van der Waals surface area contributed by atoms with Crippen molar-refractivity contribution < 1.29 is 44.1 Å². The summed E-state index contributed by atoms with van der Waals surface area (Å²) in [6, 6.07) is -5.70. The number of aliphatic carboxylic acids is 2. The molecule has 0 aromatic rings. The van der Waals surface area contributed by atoms with E-state index >= 15 is 0 Å². The van der Waals surface area contributed by atoms with Gasteiger partial charge in [-0.25, -0.2) is 4.79 Å². The number of amides is 4. The zero-order valence-corrected chi connectivity index (χ0v) is 18.2. The minimum absolute atomic E-state index is 0.0603. The van der Waals surface area contributed by atoms with Crippen molar-refractivity contribution in [3.63, 3.8) is 0 Å². The fraction of sp³-hybridized carbons (Fsp3) is 0.647. The molecule has 0 rings (SSSR count). The Kier molecular flexibility index (Phi) is 13.6. The lowest BCUT2D eigenvalue weighted by Gasteiger charge is -2.24. The number of carbonyl (C=O) groups excluding carboxylic acids is 4. The monoisotopic (exact) mass is 479 g/mol. The second-order valence-corrected chi connectivity index (χ2v) is 7.68. The lowest BCUT2D eigenvalue weighted by molar-refractivity contribution is -0.143. The van der Waals surface area contributed by atoms with Gasteiger partial charge >= 0.3 is 11.9 Å². The van der Waals surface area contributed by atoms with E-state index < -0.39 is 72.8 Å². The molecule has 4 atom stereocenters. The summed E-state index contributed by atoms with van der Waals surface area (Å²) >= 11 is 1.33. The van der Waals surface area contributed by atoms with Gasteiger partial charge in [0, 0.05) is 6.42 Å². The Labute approximate surface area is 187 Å². The number of rotatable bonds is 16. The standard InChI is InChI=1S/C17H29N5O9S/c1-32-5-4-9(15(28)21-10(17(30)31)2-3-12(19)24)20-16(29)11(6-13(25)26)22-14(27)8(18)7-23/h8-11,23H,2-7,18H2,1H3,(H2,19,24)(H,20,29)(H,21,28)(H,22,27)(H,25,26)(H,30,31). The van der Waals surface area contributed by atoms with E-state index in [9.17, 15) is 33.9 Å². The maximum atomic E-state index is 12.6. The Morgan fingerprint density at radius 2 is 1.41 bits per heavy atom. The first kappa shape index (κ1) is 29.1. The molecule has 32 heavy (non-hydrogen) atoms. The SMILES string of the molecule is CSCCC(NC(=O)C(CC(=O)O)NC(=O)C(N)CO)C(=O)NC(CCC(N)=O)C(=O)O. The summed E-state index contributed by atoms with van der Waals surface area (Å²) in [5, 5.41) is 33.8. The molecule has 0 saturated carbocycles. The average molecular weight is 480 g/mol. The first-order chi connectivity index (χ1) is 14.9. The third-order valence-corrected chi connectivity index (χ3v) is 4.73. The van der Waals surface area contributed by atoms with Gasteiger partial charge in [-0.15, -0.1) is 0 Å². The zero-order valence-electron chi connectivity index (χ0n) is 17.4. The molecule has 0 radical (unpaired) electrons. The maximum Gasteiger partial charge on any atom is 0.326 e. The van der Waals surface area contributed by atoms with Crippen molar-refractivity contribution in [2.45, 2.75) is 49.9 Å². The molecule has 0 fully saturated rings. The van der Waals surface area contributed by atoms with Crippen LogP contribution in [0.3, 0.4) is 0 Å². The topological polar surface area (TPSA) is 251 Å². The Balaban J connectivity index is 5.43. The molecule has 4 amide bonds.